The van der Waals surface area contributed by atoms with E-state index in [0.717, 1.165) is 12.5 Å². The van der Waals surface area contributed by atoms with Crippen molar-refractivity contribution >= 4 is 37.4 Å². The molecule has 0 spiro atoms. The summed E-state index contributed by atoms with van der Waals surface area (Å²) in [4.78, 5) is 10.9. The third-order valence-electron chi connectivity index (χ3n) is 4.54. The van der Waals surface area contributed by atoms with Crippen LogP contribution in [0.1, 0.15) is 37.6 Å². The largest absolute Gasteiger partial charge is 0.478 e. The predicted octanol–water partition coefficient (Wildman–Crippen LogP) is 3.04. The Morgan fingerprint density at radius 2 is 1.61 bits per heavy atom. The molecule has 0 unspecified atom stereocenters. The van der Waals surface area contributed by atoms with Gasteiger partial charge in [-0.3, -0.25) is 4.72 Å². The van der Waals surface area contributed by atoms with Crippen molar-refractivity contribution in [1.82, 2.24) is 4.31 Å². The van der Waals surface area contributed by atoms with E-state index in [9.17, 15) is 21.6 Å². The number of carbonyl (C=O) groups is 1. The van der Waals surface area contributed by atoms with Crippen LogP contribution in [0.25, 0.3) is 0 Å². The number of hydrogen-bond acceptors (Lipinski definition) is 6. The highest BCUT2D eigenvalue weighted by molar-refractivity contribution is 7.92. The molecule has 0 bridgehead atoms. The van der Waals surface area contributed by atoms with Gasteiger partial charge >= 0.3 is 5.97 Å². The smallest absolute Gasteiger partial charge is 0.335 e. The zero-order valence-electron chi connectivity index (χ0n) is 17.6. The number of nitrogens with one attached hydrogen (secondary N) is 2. The third-order valence-corrected chi connectivity index (χ3v) is 7.94. The van der Waals surface area contributed by atoms with Crippen molar-refractivity contribution in [2.75, 3.05) is 29.7 Å². The van der Waals surface area contributed by atoms with Crippen molar-refractivity contribution in [2.45, 2.75) is 37.0 Å². The molecule has 0 heterocycles. The van der Waals surface area contributed by atoms with Gasteiger partial charge in [0.25, 0.3) is 10.0 Å². The minimum absolute atomic E-state index is 0.0461. The molecule has 2 aromatic carbocycles. The van der Waals surface area contributed by atoms with Crippen LogP contribution in [0.2, 0.25) is 0 Å². The maximum absolute atomic E-state index is 12.9. The minimum atomic E-state index is -4.17. The van der Waals surface area contributed by atoms with Gasteiger partial charge in [-0.05, 0) is 42.8 Å². The molecule has 2 aromatic rings. The van der Waals surface area contributed by atoms with Crippen LogP contribution in [-0.2, 0) is 20.0 Å². The van der Waals surface area contributed by atoms with Gasteiger partial charge in [0.15, 0.2) is 0 Å². The summed E-state index contributed by atoms with van der Waals surface area (Å²) in [6.45, 7) is 6.48. The first kappa shape index (κ1) is 24.6. The Kier molecular flexibility index (Phi) is 8.04. The summed E-state index contributed by atoms with van der Waals surface area (Å²) in [5.41, 5.74) is 0.297. The predicted molar refractivity (Wildman–Crippen MR) is 120 cm³/mol. The number of carboxylic acids is 1. The molecular weight excluding hydrogens is 442 g/mol. The molecule has 0 aliphatic rings. The van der Waals surface area contributed by atoms with Crippen molar-refractivity contribution < 1.29 is 26.7 Å². The molecule has 2 rings (SSSR count). The summed E-state index contributed by atoms with van der Waals surface area (Å²) in [6.07, 6.45) is 0.770. The molecule has 0 atom stereocenters. The van der Waals surface area contributed by atoms with E-state index in [2.05, 4.69) is 10.0 Å². The molecule has 0 aliphatic heterocycles. The van der Waals surface area contributed by atoms with Gasteiger partial charge in [0, 0.05) is 19.6 Å². The highest BCUT2D eigenvalue weighted by Crippen LogP contribution is 2.29. The van der Waals surface area contributed by atoms with Crippen LogP contribution in [-0.4, -0.2) is 51.9 Å². The van der Waals surface area contributed by atoms with E-state index < -0.39 is 26.0 Å². The van der Waals surface area contributed by atoms with Crippen molar-refractivity contribution in [1.29, 1.82) is 0 Å². The Morgan fingerprint density at radius 1 is 0.935 bits per heavy atom. The van der Waals surface area contributed by atoms with Gasteiger partial charge < -0.3 is 10.4 Å². The van der Waals surface area contributed by atoms with Crippen LogP contribution in [0.5, 0.6) is 0 Å². The van der Waals surface area contributed by atoms with Crippen LogP contribution >= 0.6 is 0 Å². The minimum Gasteiger partial charge on any atom is -0.478 e. The molecule has 3 N–H and O–H groups in total. The second-order valence-corrected chi connectivity index (χ2v) is 10.3. The first-order chi connectivity index (χ1) is 14.6. The monoisotopic (exact) mass is 469 g/mol. The summed E-state index contributed by atoms with van der Waals surface area (Å²) < 4.78 is 55.3. The lowest BCUT2D eigenvalue weighted by molar-refractivity contribution is 0.0696. The van der Waals surface area contributed by atoms with Crippen molar-refractivity contribution in [3.8, 4) is 0 Å². The van der Waals surface area contributed by atoms with Crippen LogP contribution in [0.4, 0.5) is 11.4 Å². The number of rotatable bonds is 11. The Bertz CT molecular complexity index is 1140. The van der Waals surface area contributed by atoms with Crippen molar-refractivity contribution in [2.24, 2.45) is 0 Å². The van der Waals surface area contributed by atoms with Gasteiger partial charge in [0.1, 0.15) is 0 Å². The number of anilines is 2. The second-order valence-electron chi connectivity index (χ2n) is 6.66. The molecule has 31 heavy (non-hydrogen) atoms. The molecule has 0 fully saturated rings. The molecule has 9 nitrogen and oxygen atoms in total. The van der Waals surface area contributed by atoms with Crippen LogP contribution in [0, 0.1) is 0 Å². The molecule has 0 saturated carbocycles. The van der Waals surface area contributed by atoms with Crippen molar-refractivity contribution in [3.05, 3.63) is 48.0 Å². The average Bonchev–Trinajstić information content (AvgIpc) is 2.73. The maximum Gasteiger partial charge on any atom is 0.335 e. The van der Waals surface area contributed by atoms with Crippen molar-refractivity contribution in [3.63, 3.8) is 0 Å². The summed E-state index contributed by atoms with van der Waals surface area (Å²) in [5, 5.41) is 12.2. The summed E-state index contributed by atoms with van der Waals surface area (Å²) in [5.74, 6) is -1.25. The number of sulfonamides is 2. The fraction of sp³-hybridized carbons (Fsp3) is 0.350. The van der Waals surface area contributed by atoms with E-state index in [1.165, 1.54) is 40.7 Å². The van der Waals surface area contributed by atoms with E-state index in [4.69, 9.17) is 5.11 Å². The second kappa shape index (κ2) is 10.1. The number of aromatic carboxylic acids is 1. The van der Waals surface area contributed by atoms with Gasteiger partial charge in [-0.2, -0.15) is 4.31 Å². The highest BCUT2D eigenvalue weighted by Gasteiger charge is 2.24. The molecular formula is C20H27N3O6S2. The number of carboxylic acid groups (broad SMARTS) is 1. The van der Waals surface area contributed by atoms with E-state index in [1.807, 2.05) is 6.92 Å². The fourth-order valence-electron chi connectivity index (χ4n) is 2.89. The summed E-state index contributed by atoms with van der Waals surface area (Å²) >= 11 is 0. The van der Waals surface area contributed by atoms with E-state index in [0.29, 0.717) is 12.2 Å². The topological polar surface area (TPSA) is 133 Å². The van der Waals surface area contributed by atoms with E-state index in [1.54, 1.807) is 13.8 Å². The van der Waals surface area contributed by atoms with Gasteiger partial charge in [-0.25, -0.2) is 21.6 Å². The zero-order valence-corrected chi connectivity index (χ0v) is 19.3. The Labute approximate surface area is 183 Å². The number of benzene rings is 2. The quantitative estimate of drug-likeness (QED) is 0.461. The number of hydrogen-bond donors (Lipinski definition) is 3. The lowest BCUT2D eigenvalue weighted by Gasteiger charge is -2.20. The summed E-state index contributed by atoms with van der Waals surface area (Å²) in [6, 6.07) is 9.13. The fourth-order valence-corrected chi connectivity index (χ4v) is 5.50. The van der Waals surface area contributed by atoms with Crippen LogP contribution < -0.4 is 10.0 Å². The summed E-state index contributed by atoms with van der Waals surface area (Å²) in [7, 11) is -7.98. The lowest BCUT2D eigenvalue weighted by atomic mass is 10.2. The van der Waals surface area contributed by atoms with Crippen LogP contribution in [0.15, 0.2) is 52.3 Å². The number of nitrogens with zero attached hydrogens (tertiary/aromatic N) is 1. The molecule has 0 aliphatic carbocycles. The van der Waals surface area contributed by atoms with Gasteiger partial charge in [-0.15, -0.1) is 0 Å². The van der Waals surface area contributed by atoms with Gasteiger partial charge in [0.2, 0.25) is 10.0 Å². The van der Waals surface area contributed by atoms with Gasteiger partial charge in [-0.1, -0.05) is 26.8 Å². The molecule has 0 aromatic heterocycles. The molecule has 11 heteroatoms. The molecule has 170 valence electrons. The Balaban J connectivity index is 2.54. The molecule has 0 radical (unpaired) electrons. The Hall–Kier alpha value is -2.63. The third kappa shape index (κ3) is 5.75. The van der Waals surface area contributed by atoms with E-state index >= 15 is 0 Å². The van der Waals surface area contributed by atoms with Crippen LogP contribution in [0.3, 0.4) is 0 Å². The maximum atomic E-state index is 12.9. The standard InChI is InChI=1S/C20H27N3O6S2/c1-4-12-21-18-11-10-17(31(28,29)23(5-2)6-3)14-19(18)22-30(26,27)16-9-7-8-15(13-16)20(24)25/h7-11,13-14,21-22H,4-6,12H2,1-3H3,(H,24,25). The zero-order chi connectivity index (χ0) is 23.2. The average molecular weight is 470 g/mol. The normalized spacial score (nSPS) is 12.0. The molecule has 0 amide bonds. The van der Waals surface area contributed by atoms with Gasteiger partial charge in [0.05, 0.1) is 26.7 Å². The lowest BCUT2D eigenvalue weighted by Crippen LogP contribution is -2.30. The highest BCUT2D eigenvalue weighted by atomic mass is 32.2. The Morgan fingerprint density at radius 3 is 2.19 bits per heavy atom. The first-order valence-corrected chi connectivity index (χ1v) is 12.7. The molecule has 0 saturated heterocycles. The first-order valence-electron chi connectivity index (χ1n) is 9.81. The van der Waals surface area contributed by atoms with E-state index in [-0.39, 0.29) is 34.1 Å². The SMILES string of the molecule is CCCNc1ccc(S(=O)(=O)N(CC)CC)cc1NS(=O)(=O)c1cccc(C(=O)O)c1.